The fraction of sp³-hybridized carbons (Fsp3) is 0.267. The number of aromatic nitrogens is 3. The van der Waals surface area contributed by atoms with E-state index in [-0.39, 0.29) is 6.04 Å². The maximum atomic E-state index is 4.48. The predicted octanol–water partition coefficient (Wildman–Crippen LogP) is 3.88. The third kappa shape index (κ3) is 2.36. The number of hydrogen-bond acceptors (Lipinski definition) is 5. The van der Waals surface area contributed by atoms with E-state index < -0.39 is 0 Å². The first kappa shape index (κ1) is 13.0. The number of anilines is 1. The molecule has 20 heavy (non-hydrogen) atoms. The summed E-state index contributed by atoms with van der Waals surface area (Å²) >= 11 is 1.73. The third-order valence-electron chi connectivity index (χ3n) is 3.23. The quantitative estimate of drug-likeness (QED) is 0.793. The van der Waals surface area contributed by atoms with Crippen LogP contribution in [-0.2, 0) is 0 Å². The Morgan fingerprint density at radius 1 is 1.15 bits per heavy atom. The van der Waals surface area contributed by atoms with E-state index in [0.29, 0.717) is 0 Å². The highest BCUT2D eigenvalue weighted by atomic mass is 32.1. The number of fused-ring (bicyclic) bond motifs is 1. The number of para-hydroxylation sites is 1. The largest absolute Gasteiger partial charge is 0.362 e. The van der Waals surface area contributed by atoms with Crippen LogP contribution in [0.2, 0.25) is 0 Å². The first-order valence-electron chi connectivity index (χ1n) is 6.55. The summed E-state index contributed by atoms with van der Waals surface area (Å²) in [6.45, 7) is 6.22. The lowest BCUT2D eigenvalue weighted by molar-refractivity contribution is 0.881. The summed E-state index contributed by atoms with van der Waals surface area (Å²) in [6, 6.07) is 8.20. The van der Waals surface area contributed by atoms with Crippen molar-refractivity contribution in [1.82, 2.24) is 15.0 Å². The monoisotopic (exact) mass is 284 g/mol. The molecule has 0 amide bonds. The van der Waals surface area contributed by atoms with E-state index in [9.17, 15) is 0 Å². The van der Waals surface area contributed by atoms with Crippen LogP contribution in [0.15, 0.2) is 30.6 Å². The molecule has 3 aromatic rings. The van der Waals surface area contributed by atoms with Gasteiger partial charge in [0.05, 0.1) is 22.3 Å². The minimum Gasteiger partial charge on any atom is -0.362 e. The number of nitrogens with one attached hydrogen (secondary N) is 1. The standard InChI is InChI=1S/C15H16N4S/c1-9-14(20-11(3)18-9)10(2)19-15-12-6-4-5-7-13(12)16-8-17-15/h4-8,10H,1-3H3,(H,16,17,19). The molecule has 4 nitrogen and oxygen atoms in total. The van der Waals surface area contributed by atoms with E-state index in [1.807, 2.05) is 31.2 Å². The second kappa shape index (κ2) is 5.17. The first-order valence-corrected chi connectivity index (χ1v) is 7.37. The Hall–Kier alpha value is -2.01. The summed E-state index contributed by atoms with van der Waals surface area (Å²) in [5.74, 6) is 0.869. The van der Waals surface area contributed by atoms with Crippen LogP contribution in [-0.4, -0.2) is 15.0 Å². The Balaban J connectivity index is 1.95. The highest BCUT2D eigenvalue weighted by Gasteiger charge is 2.14. The molecular weight excluding hydrogens is 268 g/mol. The molecule has 0 aliphatic rings. The molecule has 1 atom stereocenters. The Bertz CT molecular complexity index is 745. The number of thiazole rings is 1. The maximum absolute atomic E-state index is 4.48. The van der Waals surface area contributed by atoms with E-state index in [1.165, 1.54) is 4.88 Å². The van der Waals surface area contributed by atoms with Crippen molar-refractivity contribution in [3.05, 3.63) is 46.2 Å². The molecule has 2 heterocycles. The molecule has 0 saturated carbocycles. The highest BCUT2D eigenvalue weighted by Crippen LogP contribution is 2.28. The topological polar surface area (TPSA) is 50.7 Å². The summed E-state index contributed by atoms with van der Waals surface area (Å²) < 4.78 is 0. The van der Waals surface area contributed by atoms with E-state index >= 15 is 0 Å². The molecule has 1 unspecified atom stereocenters. The molecule has 1 aromatic carbocycles. The van der Waals surface area contributed by atoms with E-state index in [4.69, 9.17) is 0 Å². The normalized spacial score (nSPS) is 12.6. The van der Waals surface area contributed by atoms with Gasteiger partial charge in [0.25, 0.3) is 0 Å². The average molecular weight is 284 g/mol. The Morgan fingerprint density at radius 2 is 1.95 bits per heavy atom. The summed E-state index contributed by atoms with van der Waals surface area (Å²) in [7, 11) is 0. The van der Waals surface area contributed by atoms with Gasteiger partial charge in [0.15, 0.2) is 0 Å². The zero-order chi connectivity index (χ0) is 14.1. The third-order valence-corrected chi connectivity index (χ3v) is 4.48. The second-order valence-electron chi connectivity index (χ2n) is 4.79. The van der Waals surface area contributed by atoms with Crippen molar-refractivity contribution in [2.24, 2.45) is 0 Å². The van der Waals surface area contributed by atoms with Crippen LogP contribution in [0.25, 0.3) is 10.9 Å². The van der Waals surface area contributed by atoms with Gasteiger partial charge in [0.1, 0.15) is 12.1 Å². The number of nitrogens with zero attached hydrogens (tertiary/aromatic N) is 3. The molecule has 0 saturated heterocycles. The van der Waals surface area contributed by atoms with Gasteiger partial charge in [0.2, 0.25) is 0 Å². The molecule has 0 radical (unpaired) electrons. The number of aryl methyl sites for hydroxylation is 2. The van der Waals surface area contributed by atoms with Crippen molar-refractivity contribution in [1.29, 1.82) is 0 Å². The maximum Gasteiger partial charge on any atom is 0.137 e. The summed E-state index contributed by atoms with van der Waals surface area (Å²) in [4.78, 5) is 14.4. The van der Waals surface area contributed by atoms with Gasteiger partial charge < -0.3 is 5.32 Å². The van der Waals surface area contributed by atoms with E-state index in [2.05, 4.69) is 34.1 Å². The van der Waals surface area contributed by atoms with Gasteiger partial charge in [-0.05, 0) is 32.9 Å². The number of benzene rings is 1. The van der Waals surface area contributed by atoms with Gasteiger partial charge in [-0.2, -0.15) is 0 Å². The number of hydrogen-bond donors (Lipinski definition) is 1. The Labute approximate surface area is 121 Å². The zero-order valence-electron chi connectivity index (χ0n) is 11.7. The Kier molecular flexibility index (Phi) is 3.36. The van der Waals surface area contributed by atoms with Crippen molar-refractivity contribution < 1.29 is 0 Å². The van der Waals surface area contributed by atoms with E-state index in [1.54, 1.807) is 17.7 Å². The van der Waals surface area contributed by atoms with Crippen LogP contribution in [0.1, 0.15) is 28.5 Å². The summed E-state index contributed by atoms with van der Waals surface area (Å²) in [5, 5.41) is 5.61. The van der Waals surface area contributed by atoms with Crippen molar-refractivity contribution in [2.45, 2.75) is 26.8 Å². The van der Waals surface area contributed by atoms with Crippen molar-refractivity contribution in [2.75, 3.05) is 5.32 Å². The minimum atomic E-state index is 0.180. The van der Waals surface area contributed by atoms with Crippen LogP contribution in [0, 0.1) is 13.8 Å². The van der Waals surface area contributed by atoms with Crippen LogP contribution in [0.4, 0.5) is 5.82 Å². The van der Waals surface area contributed by atoms with Gasteiger partial charge in [-0.1, -0.05) is 12.1 Å². The fourth-order valence-corrected chi connectivity index (χ4v) is 3.27. The lowest BCUT2D eigenvalue weighted by Crippen LogP contribution is -2.08. The summed E-state index contributed by atoms with van der Waals surface area (Å²) in [6.07, 6.45) is 1.60. The second-order valence-corrected chi connectivity index (χ2v) is 6.02. The fourth-order valence-electron chi connectivity index (χ4n) is 2.34. The van der Waals surface area contributed by atoms with Gasteiger partial charge in [0, 0.05) is 10.3 Å². The van der Waals surface area contributed by atoms with Gasteiger partial charge in [-0.25, -0.2) is 15.0 Å². The molecule has 0 spiro atoms. The molecule has 3 rings (SSSR count). The molecule has 5 heteroatoms. The van der Waals surface area contributed by atoms with Crippen molar-refractivity contribution >= 4 is 28.1 Å². The van der Waals surface area contributed by atoms with Crippen LogP contribution < -0.4 is 5.32 Å². The van der Waals surface area contributed by atoms with Crippen LogP contribution >= 0.6 is 11.3 Å². The molecule has 0 aliphatic carbocycles. The zero-order valence-corrected chi connectivity index (χ0v) is 12.5. The molecule has 0 aliphatic heterocycles. The first-order chi connectivity index (χ1) is 9.65. The molecular formula is C15H16N4S. The van der Waals surface area contributed by atoms with Crippen LogP contribution in [0.5, 0.6) is 0 Å². The molecule has 0 fully saturated rings. The SMILES string of the molecule is Cc1nc(C)c(C(C)Nc2ncnc3ccccc23)s1. The van der Waals surface area contributed by atoms with Crippen molar-refractivity contribution in [3.63, 3.8) is 0 Å². The Morgan fingerprint density at radius 3 is 2.70 bits per heavy atom. The minimum absolute atomic E-state index is 0.180. The van der Waals surface area contributed by atoms with Crippen molar-refractivity contribution in [3.8, 4) is 0 Å². The lowest BCUT2D eigenvalue weighted by Gasteiger charge is -2.14. The van der Waals surface area contributed by atoms with Gasteiger partial charge >= 0.3 is 0 Å². The molecule has 0 bridgehead atoms. The molecule has 102 valence electrons. The summed E-state index contributed by atoms with van der Waals surface area (Å²) in [5.41, 5.74) is 2.04. The number of rotatable bonds is 3. The smallest absolute Gasteiger partial charge is 0.137 e. The molecule has 2 aromatic heterocycles. The van der Waals surface area contributed by atoms with Crippen LogP contribution in [0.3, 0.4) is 0 Å². The average Bonchev–Trinajstić information content (AvgIpc) is 2.78. The molecule has 1 N–H and O–H groups in total. The highest BCUT2D eigenvalue weighted by molar-refractivity contribution is 7.11. The lowest BCUT2D eigenvalue weighted by atomic mass is 10.2. The van der Waals surface area contributed by atoms with Gasteiger partial charge in [-0.3, -0.25) is 0 Å². The van der Waals surface area contributed by atoms with E-state index in [0.717, 1.165) is 27.4 Å². The predicted molar refractivity (Wildman–Crippen MR) is 83.2 cm³/mol. The van der Waals surface area contributed by atoms with Gasteiger partial charge in [-0.15, -0.1) is 11.3 Å².